The second-order valence-electron chi connectivity index (χ2n) is 4.45. The number of nitrogens with one attached hydrogen (secondary N) is 1. The Morgan fingerprint density at radius 3 is 2.62 bits per heavy atom. The van der Waals surface area contributed by atoms with Crippen LogP contribution >= 0.6 is 11.6 Å². The van der Waals surface area contributed by atoms with Gasteiger partial charge in [0.25, 0.3) is 5.91 Å². The van der Waals surface area contributed by atoms with Gasteiger partial charge in [-0.3, -0.25) is 9.59 Å². The van der Waals surface area contributed by atoms with E-state index in [1.165, 1.54) is 24.3 Å². The van der Waals surface area contributed by atoms with Crippen molar-refractivity contribution in [2.45, 2.75) is 19.4 Å². The molecule has 1 aromatic rings. The number of carbonyl (C=O) groups excluding carboxylic acids is 2. The fraction of sp³-hybridized carbons (Fsp3) is 0.214. The molecule has 0 spiro atoms. The lowest BCUT2D eigenvalue weighted by Crippen LogP contribution is -2.35. The van der Waals surface area contributed by atoms with Gasteiger partial charge in [0.1, 0.15) is 0 Å². The van der Waals surface area contributed by atoms with Gasteiger partial charge in [-0.1, -0.05) is 17.7 Å². The molecule has 0 saturated heterocycles. The second-order valence-corrected chi connectivity index (χ2v) is 4.86. The summed E-state index contributed by atoms with van der Waals surface area (Å²) in [5.41, 5.74) is 5.84. The molecule has 0 aliphatic heterocycles. The molecule has 0 aliphatic carbocycles. The summed E-state index contributed by atoms with van der Waals surface area (Å²) >= 11 is 5.98. The van der Waals surface area contributed by atoms with E-state index in [4.69, 9.17) is 22.4 Å². The van der Waals surface area contributed by atoms with Crippen LogP contribution in [0.4, 0.5) is 0 Å². The second kappa shape index (κ2) is 7.44. The highest BCUT2D eigenvalue weighted by molar-refractivity contribution is 6.32. The number of nitrogens with two attached hydrogens (primary N) is 1. The first-order chi connectivity index (χ1) is 9.79. The number of rotatable bonds is 6. The first-order valence-electron chi connectivity index (χ1n) is 6.09. The Morgan fingerprint density at radius 2 is 2.10 bits per heavy atom. The van der Waals surface area contributed by atoms with E-state index in [-0.39, 0.29) is 23.4 Å². The van der Waals surface area contributed by atoms with E-state index in [0.29, 0.717) is 11.1 Å². The van der Waals surface area contributed by atoms with E-state index in [2.05, 4.69) is 5.32 Å². The smallest absolute Gasteiger partial charge is 0.328 e. The molecular weight excluding hydrogens is 296 g/mol. The molecule has 6 nitrogen and oxygen atoms in total. The van der Waals surface area contributed by atoms with E-state index >= 15 is 0 Å². The van der Waals surface area contributed by atoms with E-state index in [1.54, 1.807) is 6.92 Å². The molecule has 0 fully saturated rings. The summed E-state index contributed by atoms with van der Waals surface area (Å²) < 4.78 is 0. The van der Waals surface area contributed by atoms with Crippen molar-refractivity contribution in [2.24, 2.45) is 5.73 Å². The molecule has 0 heterocycles. The Bertz CT molecular complexity index is 599. The van der Waals surface area contributed by atoms with Crippen LogP contribution in [0.15, 0.2) is 24.3 Å². The van der Waals surface area contributed by atoms with Crippen molar-refractivity contribution in [3.63, 3.8) is 0 Å². The predicted octanol–water partition coefficient (Wildman–Crippen LogP) is 1.43. The molecule has 1 atom stereocenters. The number of carbonyl (C=O) groups is 3. The highest BCUT2D eigenvalue weighted by atomic mass is 35.5. The van der Waals surface area contributed by atoms with Crippen LogP contribution in [-0.4, -0.2) is 28.9 Å². The fourth-order valence-electron chi connectivity index (χ4n) is 1.62. The SMILES string of the molecule is CC(CC(N)=O)NC(=O)c1ccc(/C=C/C(=O)O)c(Cl)c1. The van der Waals surface area contributed by atoms with Crippen LogP contribution in [0.3, 0.4) is 0 Å². The zero-order valence-electron chi connectivity index (χ0n) is 11.3. The van der Waals surface area contributed by atoms with Gasteiger partial charge < -0.3 is 16.2 Å². The summed E-state index contributed by atoms with van der Waals surface area (Å²) in [4.78, 5) is 33.1. The molecule has 0 aromatic heterocycles. The van der Waals surface area contributed by atoms with E-state index in [0.717, 1.165) is 6.08 Å². The average molecular weight is 311 g/mol. The summed E-state index contributed by atoms with van der Waals surface area (Å²) in [7, 11) is 0. The number of carboxylic acids is 1. The predicted molar refractivity (Wildman–Crippen MR) is 78.9 cm³/mol. The van der Waals surface area contributed by atoms with Crippen LogP contribution in [0.25, 0.3) is 6.08 Å². The Labute approximate surface area is 126 Å². The number of primary amides is 1. The summed E-state index contributed by atoms with van der Waals surface area (Å²) in [5.74, 6) is -1.98. The first-order valence-corrected chi connectivity index (χ1v) is 6.47. The van der Waals surface area contributed by atoms with Crippen molar-refractivity contribution in [1.82, 2.24) is 5.32 Å². The van der Waals surface area contributed by atoms with Gasteiger partial charge in [-0.2, -0.15) is 0 Å². The molecule has 4 N–H and O–H groups in total. The van der Waals surface area contributed by atoms with E-state index < -0.39 is 11.9 Å². The van der Waals surface area contributed by atoms with Gasteiger partial charge in [0.15, 0.2) is 0 Å². The zero-order chi connectivity index (χ0) is 16.0. The monoisotopic (exact) mass is 310 g/mol. The van der Waals surface area contributed by atoms with Crippen molar-refractivity contribution >= 4 is 35.5 Å². The molecule has 0 saturated carbocycles. The van der Waals surface area contributed by atoms with Crippen molar-refractivity contribution < 1.29 is 19.5 Å². The number of aliphatic carboxylic acids is 1. The molecule has 0 radical (unpaired) electrons. The summed E-state index contributed by atoms with van der Waals surface area (Å²) in [6.45, 7) is 1.66. The maximum Gasteiger partial charge on any atom is 0.328 e. The number of halogens is 1. The van der Waals surface area contributed by atoms with Gasteiger partial charge in [-0.15, -0.1) is 0 Å². The topological polar surface area (TPSA) is 109 Å². The lowest BCUT2D eigenvalue weighted by Gasteiger charge is -2.12. The summed E-state index contributed by atoms with van der Waals surface area (Å²) in [6.07, 6.45) is 2.33. The van der Waals surface area contributed by atoms with E-state index in [9.17, 15) is 14.4 Å². The van der Waals surface area contributed by atoms with E-state index in [1.807, 2.05) is 0 Å². The van der Waals surface area contributed by atoms with Crippen LogP contribution < -0.4 is 11.1 Å². The third-order valence-corrected chi connectivity index (χ3v) is 2.88. The molecule has 1 rings (SSSR count). The highest BCUT2D eigenvalue weighted by Crippen LogP contribution is 2.19. The third-order valence-electron chi connectivity index (χ3n) is 2.55. The number of carboxylic acid groups (broad SMARTS) is 1. The van der Waals surface area contributed by atoms with Gasteiger partial charge in [-0.05, 0) is 30.7 Å². The maximum atomic E-state index is 11.9. The molecule has 0 bridgehead atoms. The van der Waals surface area contributed by atoms with Crippen molar-refractivity contribution in [1.29, 1.82) is 0 Å². The van der Waals surface area contributed by atoms with Gasteiger partial charge in [0.2, 0.25) is 5.91 Å². The Balaban J connectivity index is 2.81. The number of amides is 2. The van der Waals surface area contributed by atoms with Crippen molar-refractivity contribution in [2.75, 3.05) is 0 Å². The third kappa shape index (κ3) is 5.66. The maximum absolute atomic E-state index is 11.9. The van der Waals surface area contributed by atoms with Crippen LogP contribution in [0, 0.1) is 0 Å². The lowest BCUT2D eigenvalue weighted by molar-refractivity contribution is -0.131. The van der Waals surface area contributed by atoms with Crippen LogP contribution in [0.2, 0.25) is 5.02 Å². The number of hydrogen-bond donors (Lipinski definition) is 3. The molecule has 2 amide bonds. The molecule has 0 aliphatic rings. The van der Waals surface area contributed by atoms with Crippen LogP contribution in [0.5, 0.6) is 0 Å². The van der Waals surface area contributed by atoms with Crippen LogP contribution in [-0.2, 0) is 9.59 Å². The molecule has 7 heteroatoms. The van der Waals surface area contributed by atoms with Gasteiger partial charge >= 0.3 is 5.97 Å². The molecule has 1 aromatic carbocycles. The van der Waals surface area contributed by atoms with Crippen molar-refractivity contribution in [3.8, 4) is 0 Å². The van der Waals surface area contributed by atoms with Crippen LogP contribution in [0.1, 0.15) is 29.3 Å². The minimum absolute atomic E-state index is 0.0406. The number of hydrogen-bond acceptors (Lipinski definition) is 3. The summed E-state index contributed by atoms with van der Waals surface area (Å²) in [6, 6.07) is 4.09. The Hall–Kier alpha value is -2.34. The molecule has 1 unspecified atom stereocenters. The van der Waals surface area contributed by atoms with Crippen molar-refractivity contribution in [3.05, 3.63) is 40.4 Å². The zero-order valence-corrected chi connectivity index (χ0v) is 12.1. The molecular formula is C14H15ClN2O4. The molecule has 112 valence electrons. The summed E-state index contributed by atoms with van der Waals surface area (Å²) in [5, 5.41) is 11.4. The quantitative estimate of drug-likeness (QED) is 0.690. The minimum atomic E-state index is -1.09. The Kier molecular flexibility index (Phi) is 5.92. The minimum Gasteiger partial charge on any atom is -0.478 e. The fourth-order valence-corrected chi connectivity index (χ4v) is 1.87. The standard InChI is InChI=1S/C14H15ClN2O4/c1-8(6-12(16)18)17-14(21)10-3-2-9(11(15)7-10)4-5-13(19)20/h2-5,7-8H,6H2,1H3,(H2,16,18)(H,17,21)(H,19,20)/b5-4+. The van der Waals surface area contributed by atoms with Gasteiger partial charge in [-0.25, -0.2) is 4.79 Å². The van der Waals surface area contributed by atoms with Gasteiger partial charge in [0, 0.05) is 29.1 Å². The largest absolute Gasteiger partial charge is 0.478 e. The normalized spacial score (nSPS) is 12.1. The Morgan fingerprint density at radius 1 is 1.43 bits per heavy atom. The first kappa shape index (κ1) is 16.7. The highest BCUT2D eigenvalue weighted by Gasteiger charge is 2.12. The van der Waals surface area contributed by atoms with Gasteiger partial charge in [0.05, 0.1) is 0 Å². The lowest BCUT2D eigenvalue weighted by atomic mass is 10.1. The number of benzene rings is 1. The molecule has 21 heavy (non-hydrogen) atoms. The average Bonchev–Trinajstić information content (AvgIpc) is 2.35.